The van der Waals surface area contributed by atoms with Crippen LogP contribution in [0, 0.1) is 0 Å². The number of aromatic carboxylic acids is 1. The Hall–Kier alpha value is -3.41. The van der Waals surface area contributed by atoms with Gasteiger partial charge in [0.05, 0.1) is 28.5 Å². The molecule has 1 N–H and O–H groups in total. The average molecular weight is 318 g/mol. The maximum Gasteiger partial charge on any atom is 0.335 e. The standard InChI is InChI=1S/C18H14N4O2/c1-21-16-8-7-13(17(23)24)11-14(16)20-18(21)22-15(9-10-19-22)12-5-3-2-4-6-12/h2-11H,1H3,(H,23,24). The van der Waals surface area contributed by atoms with Gasteiger partial charge in [-0.2, -0.15) is 9.78 Å². The first-order valence-corrected chi connectivity index (χ1v) is 7.45. The van der Waals surface area contributed by atoms with Crippen molar-refractivity contribution in [2.45, 2.75) is 0 Å². The molecule has 2 aromatic heterocycles. The lowest BCUT2D eigenvalue weighted by Crippen LogP contribution is -2.06. The zero-order chi connectivity index (χ0) is 16.7. The number of aryl methyl sites for hydroxylation is 1. The lowest BCUT2D eigenvalue weighted by atomic mass is 10.1. The van der Waals surface area contributed by atoms with Crippen molar-refractivity contribution < 1.29 is 9.90 Å². The molecule has 0 saturated carbocycles. The molecule has 0 radical (unpaired) electrons. The molecule has 0 saturated heterocycles. The van der Waals surface area contributed by atoms with Crippen LogP contribution < -0.4 is 0 Å². The Balaban J connectivity index is 1.91. The fourth-order valence-electron chi connectivity index (χ4n) is 2.80. The summed E-state index contributed by atoms with van der Waals surface area (Å²) in [5, 5.41) is 13.5. The van der Waals surface area contributed by atoms with Gasteiger partial charge in [-0.1, -0.05) is 30.3 Å². The Morgan fingerprint density at radius 3 is 2.62 bits per heavy atom. The van der Waals surface area contributed by atoms with E-state index >= 15 is 0 Å². The molecule has 2 aromatic carbocycles. The van der Waals surface area contributed by atoms with Crippen molar-refractivity contribution in [1.82, 2.24) is 19.3 Å². The number of aromatic nitrogens is 4. The van der Waals surface area contributed by atoms with Crippen molar-refractivity contribution in [3.63, 3.8) is 0 Å². The molecule has 0 aliphatic rings. The summed E-state index contributed by atoms with van der Waals surface area (Å²) in [4.78, 5) is 15.7. The second-order valence-electron chi connectivity index (χ2n) is 5.47. The van der Waals surface area contributed by atoms with Gasteiger partial charge in [0, 0.05) is 12.6 Å². The molecule has 4 aromatic rings. The van der Waals surface area contributed by atoms with Crippen molar-refractivity contribution in [2.24, 2.45) is 7.05 Å². The Morgan fingerprint density at radius 1 is 1.08 bits per heavy atom. The second kappa shape index (κ2) is 5.34. The smallest absolute Gasteiger partial charge is 0.335 e. The maximum atomic E-state index is 11.2. The first-order valence-electron chi connectivity index (χ1n) is 7.45. The fraction of sp³-hybridized carbons (Fsp3) is 0.0556. The van der Waals surface area contributed by atoms with Crippen LogP contribution in [0.5, 0.6) is 0 Å². The van der Waals surface area contributed by atoms with E-state index in [9.17, 15) is 4.79 Å². The summed E-state index contributed by atoms with van der Waals surface area (Å²) in [6.07, 6.45) is 1.73. The van der Waals surface area contributed by atoms with Crippen molar-refractivity contribution >= 4 is 17.0 Å². The molecule has 118 valence electrons. The van der Waals surface area contributed by atoms with Crippen molar-refractivity contribution in [3.8, 4) is 17.2 Å². The number of fused-ring (bicyclic) bond motifs is 1. The van der Waals surface area contributed by atoms with E-state index in [1.54, 1.807) is 29.1 Å². The van der Waals surface area contributed by atoms with Crippen LogP contribution in [0.2, 0.25) is 0 Å². The molecular weight excluding hydrogens is 304 g/mol. The molecule has 0 bridgehead atoms. The monoisotopic (exact) mass is 318 g/mol. The largest absolute Gasteiger partial charge is 0.478 e. The molecule has 2 heterocycles. The van der Waals surface area contributed by atoms with E-state index in [0.717, 1.165) is 16.8 Å². The summed E-state index contributed by atoms with van der Waals surface area (Å²) in [5.41, 5.74) is 3.66. The Morgan fingerprint density at radius 2 is 1.88 bits per heavy atom. The quantitative estimate of drug-likeness (QED) is 0.630. The van der Waals surface area contributed by atoms with Crippen molar-refractivity contribution in [3.05, 3.63) is 66.4 Å². The fourth-order valence-corrected chi connectivity index (χ4v) is 2.80. The number of carboxylic acids is 1. The van der Waals surface area contributed by atoms with Crippen molar-refractivity contribution in [2.75, 3.05) is 0 Å². The Kier molecular flexibility index (Phi) is 3.16. The topological polar surface area (TPSA) is 72.9 Å². The summed E-state index contributed by atoms with van der Waals surface area (Å²) in [5.74, 6) is -0.329. The predicted octanol–water partition coefficient (Wildman–Crippen LogP) is 3.12. The molecule has 24 heavy (non-hydrogen) atoms. The summed E-state index contributed by atoms with van der Waals surface area (Å²) < 4.78 is 3.66. The molecule has 0 spiro atoms. The molecule has 0 unspecified atom stereocenters. The third kappa shape index (κ3) is 2.16. The molecule has 6 nitrogen and oxygen atoms in total. The first kappa shape index (κ1) is 14.2. The maximum absolute atomic E-state index is 11.2. The summed E-state index contributed by atoms with van der Waals surface area (Å²) in [6.45, 7) is 0. The van der Waals surface area contributed by atoms with E-state index in [4.69, 9.17) is 5.11 Å². The molecule has 4 rings (SSSR count). The summed E-state index contributed by atoms with van der Waals surface area (Å²) in [7, 11) is 1.89. The number of nitrogens with zero attached hydrogens (tertiary/aromatic N) is 4. The third-order valence-corrected chi connectivity index (χ3v) is 4.01. The van der Waals surface area contributed by atoms with Gasteiger partial charge in [0.2, 0.25) is 5.95 Å². The van der Waals surface area contributed by atoms with Gasteiger partial charge < -0.3 is 9.67 Å². The number of imidazole rings is 1. The number of benzene rings is 2. The van der Waals surface area contributed by atoms with Gasteiger partial charge in [-0.25, -0.2) is 9.78 Å². The molecular formula is C18H14N4O2. The van der Waals surface area contributed by atoms with Gasteiger partial charge in [0.25, 0.3) is 0 Å². The minimum atomic E-state index is -0.965. The normalized spacial score (nSPS) is 11.0. The Labute approximate surface area is 137 Å². The zero-order valence-corrected chi connectivity index (χ0v) is 12.9. The predicted molar refractivity (Wildman–Crippen MR) is 90.2 cm³/mol. The summed E-state index contributed by atoms with van der Waals surface area (Å²) >= 11 is 0. The van der Waals surface area contributed by atoms with Crippen molar-refractivity contribution in [1.29, 1.82) is 0 Å². The molecule has 0 aliphatic carbocycles. The van der Waals surface area contributed by atoms with Crippen LogP contribution in [-0.2, 0) is 7.05 Å². The van der Waals surface area contributed by atoms with Gasteiger partial charge >= 0.3 is 5.97 Å². The highest BCUT2D eigenvalue weighted by Gasteiger charge is 2.15. The zero-order valence-electron chi connectivity index (χ0n) is 12.9. The van der Waals surface area contributed by atoms with Crippen LogP contribution in [0.4, 0.5) is 0 Å². The minimum Gasteiger partial charge on any atom is -0.478 e. The van der Waals surface area contributed by atoms with E-state index in [2.05, 4.69) is 10.1 Å². The van der Waals surface area contributed by atoms with Crippen LogP contribution in [0.1, 0.15) is 10.4 Å². The lowest BCUT2D eigenvalue weighted by molar-refractivity contribution is 0.0697. The number of hydrogen-bond donors (Lipinski definition) is 1. The average Bonchev–Trinajstić information content (AvgIpc) is 3.20. The van der Waals surface area contributed by atoms with E-state index in [0.29, 0.717) is 11.5 Å². The molecule has 6 heteroatoms. The van der Waals surface area contributed by atoms with Crippen LogP contribution >= 0.6 is 0 Å². The van der Waals surface area contributed by atoms with Crippen LogP contribution in [-0.4, -0.2) is 30.4 Å². The highest BCUT2D eigenvalue weighted by atomic mass is 16.4. The van der Waals surface area contributed by atoms with Crippen LogP contribution in [0.3, 0.4) is 0 Å². The lowest BCUT2D eigenvalue weighted by Gasteiger charge is -2.07. The second-order valence-corrected chi connectivity index (χ2v) is 5.47. The van der Waals surface area contributed by atoms with Gasteiger partial charge in [-0.15, -0.1) is 0 Å². The third-order valence-electron chi connectivity index (χ3n) is 4.01. The van der Waals surface area contributed by atoms with Gasteiger partial charge in [-0.05, 0) is 24.3 Å². The Bertz CT molecular complexity index is 1050. The van der Waals surface area contributed by atoms with E-state index in [1.807, 2.05) is 48.0 Å². The number of rotatable bonds is 3. The highest BCUT2D eigenvalue weighted by molar-refractivity contribution is 5.92. The van der Waals surface area contributed by atoms with Crippen LogP contribution in [0.15, 0.2) is 60.8 Å². The molecule has 0 fully saturated rings. The van der Waals surface area contributed by atoms with Gasteiger partial charge in [-0.3, -0.25) is 0 Å². The molecule has 0 aliphatic heterocycles. The van der Waals surface area contributed by atoms with E-state index < -0.39 is 5.97 Å². The van der Waals surface area contributed by atoms with Crippen LogP contribution in [0.25, 0.3) is 28.2 Å². The van der Waals surface area contributed by atoms with Gasteiger partial charge in [0.1, 0.15) is 0 Å². The molecule has 0 amide bonds. The number of carboxylic acid groups (broad SMARTS) is 1. The first-order chi connectivity index (χ1) is 11.6. The summed E-state index contributed by atoms with van der Waals surface area (Å²) in [6, 6.07) is 16.8. The number of hydrogen-bond acceptors (Lipinski definition) is 3. The van der Waals surface area contributed by atoms with Gasteiger partial charge in [0.15, 0.2) is 0 Å². The number of carbonyl (C=O) groups is 1. The SMILES string of the molecule is Cn1c(-n2nccc2-c2ccccc2)nc2cc(C(=O)O)ccc21. The van der Waals surface area contributed by atoms with E-state index in [-0.39, 0.29) is 5.56 Å². The minimum absolute atomic E-state index is 0.218. The highest BCUT2D eigenvalue weighted by Crippen LogP contribution is 2.24. The van der Waals surface area contributed by atoms with E-state index in [1.165, 1.54) is 0 Å². The molecule has 0 atom stereocenters.